The first-order valence-corrected chi connectivity index (χ1v) is 18.9. The lowest BCUT2D eigenvalue weighted by Crippen LogP contribution is -2.37. The number of amides is 2. The summed E-state index contributed by atoms with van der Waals surface area (Å²) in [4.78, 5) is 42.2. The third-order valence-corrected chi connectivity index (χ3v) is 9.67. The van der Waals surface area contributed by atoms with Crippen LogP contribution >= 0.6 is 15.9 Å². The zero-order chi connectivity index (χ0) is 38.7. The van der Waals surface area contributed by atoms with Crippen molar-refractivity contribution >= 4 is 39.4 Å². The van der Waals surface area contributed by atoms with Crippen molar-refractivity contribution < 1.29 is 29.0 Å². The molecule has 278 valence electrons. The Morgan fingerprint density at radius 1 is 0.727 bits per heavy atom. The number of benzene rings is 6. The molecular weight excluding hydrogens is 756 g/mol. The topological polar surface area (TPSA) is 105 Å². The molecule has 0 spiro atoms. The molecule has 2 N–H and O–H groups in total. The normalized spacial score (nSPS) is 11.9. The molecule has 2 atom stereocenters. The first-order chi connectivity index (χ1) is 26.7. The highest BCUT2D eigenvalue weighted by molar-refractivity contribution is 9.10. The van der Waals surface area contributed by atoms with Crippen LogP contribution < -0.4 is 19.7 Å². The number of aliphatic carboxylic acids is 1. The molecule has 0 heterocycles. The lowest BCUT2D eigenvalue weighted by molar-refractivity contribution is -0.137. The van der Waals surface area contributed by atoms with Gasteiger partial charge < -0.3 is 24.8 Å². The van der Waals surface area contributed by atoms with Gasteiger partial charge in [0.1, 0.15) is 23.0 Å². The molecule has 2 amide bonds. The maximum absolute atomic E-state index is 14.2. The highest BCUT2D eigenvalue weighted by Crippen LogP contribution is 2.35. The number of ether oxygens (including phenoxy) is 2. The summed E-state index contributed by atoms with van der Waals surface area (Å²) >= 11 is 3.50. The van der Waals surface area contributed by atoms with Crippen LogP contribution in [0.5, 0.6) is 23.0 Å². The standard InChI is InChI=1S/C46H41BrN2O6/c1-3-31(2)30-49(46(53)34-22-25-38(26-23-34)54-36-12-6-4-7-13-36)42-27-24-35(47)28-40(42)45(52)48-41(29-44(50)51)33-20-18-32(19-21-33)39-16-10-11-17-43(39)55-37-14-8-5-9-15-37/h4-28,31,41H,3,29-30H2,1-2H3,(H,48,52)(H,50,51). The minimum Gasteiger partial charge on any atom is -0.481 e. The van der Waals surface area contributed by atoms with Crippen molar-refractivity contribution in [2.45, 2.75) is 32.7 Å². The number of carbonyl (C=O) groups is 3. The summed E-state index contributed by atoms with van der Waals surface area (Å²) in [5.74, 6) is 0.900. The molecule has 6 aromatic rings. The number of carboxylic acid groups (broad SMARTS) is 1. The molecule has 0 bridgehead atoms. The van der Waals surface area contributed by atoms with E-state index in [4.69, 9.17) is 9.47 Å². The van der Waals surface area contributed by atoms with Crippen molar-refractivity contribution in [3.8, 4) is 34.1 Å². The Bertz CT molecular complexity index is 2230. The van der Waals surface area contributed by atoms with E-state index in [0.29, 0.717) is 50.8 Å². The maximum Gasteiger partial charge on any atom is 0.305 e. The molecule has 6 rings (SSSR count). The van der Waals surface area contributed by atoms with Crippen LogP contribution in [-0.4, -0.2) is 29.4 Å². The summed E-state index contributed by atoms with van der Waals surface area (Å²) in [5, 5.41) is 12.9. The Morgan fingerprint density at radius 3 is 1.96 bits per heavy atom. The van der Waals surface area contributed by atoms with E-state index in [0.717, 1.165) is 17.5 Å². The number of halogens is 1. The second-order valence-corrected chi connectivity index (χ2v) is 14.1. The van der Waals surface area contributed by atoms with Crippen LogP contribution in [0.25, 0.3) is 11.1 Å². The highest BCUT2D eigenvalue weighted by Gasteiger charge is 2.27. The van der Waals surface area contributed by atoms with Crippen molar-refractivity contribution in [2.75, 3.05) is 11.4 Å². The number of nitrogens with zero attached hydrogens (tertiary/aromatic N) is 1. The van der Waals surface area contributed by atoms with E-state index in [1.165, 1.54) is 0 Å². The van der Waals surface area contributed by atoms with Crippen molar-refractivity contribution in [1.82, 2.24) is 5.32 Å². The Morgan fingerprint density at radius 2 is 1.33 bits per heavy atom. The van der Waals surface area contributed by atoms with E-state index in [1.807, 2.05) is 109 Å². The van der Waals surface area contributed by atoms with Gasteiger partial charge in [-0.25, -0.2) is 0 Å². The van der Waals surface area contributed by atoms with Gasteiger partial charge in [0.05, 0.1) is 23.7 Å². The quantitative estimate of drug-likeness (QED) is 0.107. The van der Waals surface area contributed by atoms with Gasteiger partial charge in [0.25, 0.3) is 11.8 Å². The molecule has 0 saturated heterocycles. The van der Waals surface area contributed by atoms with Crippen LogP contribution in [-0.2, 0) is 4.79 Å². The van der Waals surface area contributed by atoms with E-state index in [2.05, 4.69) is 35.1 Å². The van der Waals surface area contributed by atoms with Gasteiger partial charge in [0.2, 0.25) is 0 Å². The zero-order valence-corrected chi connectivity index (χ0v) is 32.1. The predicted octanol–water partition coefficient (Wildman–Crippen LogP) is 11.3. The molecule has 0 aliphatic rings. The molecule has 0 aliphatic carbocycles. The molecule has 0 fully saturated rings. The van der Waals surface area contributed by atoms with Crippen molar-refractivity contribution in [3.63, 3.8) is 0 Å². The molecule has 9 heteroatoms. The summed E-state index contributed by atoms with van der Waals surface area (Å²) in [6.45, 7) is 4.46. The van der Waals surface area contributed by atoms with Gasteiger partial charge in [-0.05, 0) is 89.8 Å². The van der Waals surface area contributed by atoms with Crippen LogP contribution in [0.4, 0.5) is 5.69 Å². The van der Waals surface area contributed by atoms with Gasteiger partial charge in [-0.1, -0.05) is 115 Å². The Kier molecular flexibility index (Phi) is 12.8. The molecule has 0 aromatic heterocycles. The fourth-order valence-electron chi connectivity index (χ4n) is 6.07. The molecule has 6 aromatic carbocycles. The Labute approximate surface area is 329 Å². The molecule has 8 nitrogen and oxygen atoms in total. The third-order valence-electron chi connectivity index (χ3n) is 9.18. The van der Waals surface area contributed by atoms with E-state index in [1.54, 1.807) is 47.4 Å². The first kappa shape index (κ1) is 38.5. The Hall–Kier alpha value is -6.19. The van der Waals surface area contributed by atoms with Crippen molar-refractivity contribution in [1.29, 1.82) is 0 Å². The smallest absolute Gasteiger partial charge is 0.305 e. The first-order valence-electron chi connectivity index (χ1n) is 18.1. The SMILES string of the molecule is CCC(C)CN(C(=O)c1ccc(Oc2ccccc2)cc1)c1ccc(Br)cc1C(=O)NC(CC(=O)O)c1ccc(-c2ccccc2Oc2ccccc2)cc1. The van der Waals surface area contributed by atoms with Crippen LogP contribution in [0.15, 0.2) is 156 Å². The highest BCUT2D eigenvalue weighted by atomic mass is 79.9. The van der Waals surface area contributed by atoms with Gasteiger partial charge in [0, 0.05) is 22.1 Å². The van der Waals surface area contributed by atoms with Gasteiger partial charge >= 0.3 is 5.97 Å². The molecular formula is C46H41BrN2O6. The second-order valence-electron chi connectivity index (χ2n) is 13.2. The molecule has 55 heavy (non-hydrogen) atoms. The summed E-state index contributed by atoms with van der Waals surface area (Å²) in [5.41, 5.74) is 3.41. The maximum atomic E-state index is 14.2. The Balaban J connectivity index is 1.26. The molecule has 2 unspecified atom stereocenters. The van der Waals surface area contributed by atoms with Gasteiger partial charge in [-0.3, -0.25) is 14.4 Å². The number of carbonyl (C=O) groups excluding carboxylic acids is 2. The fourth-order valence-corrected chi connectivity index (χ4v) is 6.43. The van der Waals surface area contributed by atoms with Crippen molar-refractivity contribution in [3.05, 3.63) is 173 Å². The number of hydrogen-bond donors (Lipinski definition) is 2. The van der Waals surface area contributed by atoms with E-state index < -0.39 is 17.9 Å². The number of nitrogens with one attached hydrogen (secondary N) is 1. The number of anilines is 1. The van der Waals surface area contributed by atoms with Crippen LogP contribution in [0, 0.1) is 5.92 Å². The van der Waals surface area contributed by atoms with Crippen LogP contribution in [0.3, 0.4) is 0 Å². The van der Waals surface area contributed by atoms with Crippen LogP contribution in [0.1, 0.15) is 59.0 Å². The van der Waals surface area contributed by atoms with Gasteiger partial charge in [-0.2, -0.15) is 0 Å². The lowest BCUT2D eigenvalue weighted by atomic mass is 9.98. The minimum absolute atomic E-state index is 0.116. The number of carboxylic acids is 1. The van der Waals surface area contributed by atoms with Crippen molar-refractivity contribution in [2.24, 2.45) is 5.92 Å². The predicted molar refractivity (Wildman–Crippen MR) is 219 cm³/mol. The average Bonchev–Trinajstić information content (AvgIpc) is 3.20. The molecule has 0 radical (unpaired) electrons. The molecule has 0 saturated carbocycles. The summed E-state index contributed by atoms with van der Waals surface area (Å²) in [7, 11) is 0. The minimum atomic E-state index is -1.07. The zero-order valence-electron chi connectivity index (χ0n) is 30.5. The average molecular weight is 798 g/mol. The summed E-state index contributed by atoms with van der Waals surface area (Å²) in [6.07, 6.45) is 0.459. The van der Waals surface area contributed by atoms with Gasteiger partial charge in [-0.15, -0.1) is 0 Å². The van der Waals surface area contributed by atoms with E-state index >= 15 is 0 Å². The fraction of sp³-hybridized carbons (Fsp3) is 0.152. The van der Waals surface area contributed by atoms with Crippen LogP contribution in [0.2, 0.25) is 0 Å². The summed E-state index contributed by atoms with van der Waals surface area (Å²) in [6, 6.07) is 45.2. The third kappa shape index (κ3) is 10.1. The lowest BCUT2D eigenvalue weighted by Gasteiger charge is -2.28. The monoisotopic (exact) mass is 796 g/mol. The summed E-state index contributed by atoms with van der Waals surface area (Å²) < 4.78 is 12.7. The van der Waals surface area contributed by atoms with Gasteiger partial charge in [0.15, 0.2) is 0 Å². The number of rotatable bonds is 15. The second kappa shape index (κ2) is 18.2. The number of hydrogen-bond acceptors (Lipinski definition) is 5. The molecule has 0 aliphatic heterocycles. The van der Waals surface area contributed by atoms with E-state index in [9.17, 15) is 19.5 Å². The van der Waals surface area contributed by atoms with E-state index in [-0.39, 0.29) is 23.8 Å². The number of para-hydroxylation sites is 3. The largest absolute Gasteiger partial charge is 0.481 e.